The molecule has 1 aromatic heterocycles. The molecule has 1 heterocycles. The van der Waals surface area contributed by atoms with Crippen molar-refractivity contribution in [3.63, 3.8) is 0 Å². The summed E-state index contributed by atoms with van der Waals surface area (Å²) < 4.78 is 4.41. The van der Waals surface area contributed by atoms with Gasteiger partial charge in [-0.2, -0.15) is 0 Å². The zero-order chi connectivity index (χ0) is 8.27. The van der Waals surface area contributed by atoms with Gasteiger partial charge in [-0.05, 0) is 0 Å². The molecule has 2 N–H and O–H groups in total. The number of nitrogens with two attached hydrogens (primary N) is 1. The van der Waals surface area contributed by atoms with Crippen molar-refractivity contribution in [2.24, 2.45) is 5.73 Å². The average Bonchev–Trinajstić information content (AvgIpc) is 2.39. The Balaban J connectivity index is 2.57. The van der Waals surface area contributed by atoms with Gasteiger partial charge in [-0.25, -0.2) is 9.78 Å². The van der Waals surface area contributed by atoms with Crippen LogP contribution in [-0.4, -0.2) is 16.9 Å². The number of aromatic nitrogens is 1. The van der Waals surface area contributed by atoms with Gasteiger partial charge in [0.05, 0.1) is 0 Å². The molecule has 1 aromatic rings. The maximum absolute atomic E-state index is 10.5. The highest BCUT2D eigenvalue weighted by molar-refractivity contribution is 7.11. The molecule has 0 aliphatic heterocycles. The maximum Gasteiger partial charge on any atom is 0.403 e. The number of primary amides is 1. The molecular weight excluding hydrogens is 168 g/mol. The molecule has 0 bridgehead atoms. The van der Waals surface area contributed by atoms with Crippen molar-refractivity contribution in [1.29, 1.82) is 0 Å². The van der Waals surface area contributed by atoms with Crippen LogP contribution in [0.15, 0.2) is 11.6 Å². The van der Waals surface area contributed by atoms with Gasteiger partial charge >= 0.3 is 11.9 Å². The van der Waals surface area contributed by atoms with Gasteiger partial charge in [0, 0.05) is 11.6 Å². The molecule has 0 atom stereocenters. The lowest BCUT2D eigenvalue weighted by molar-refractivity contribution is -0.146. The number of ether oxygens (including phenoxy) is 1. The van der Waals surface area contributed by atoms with E-state index in [-0.39, 0.29) is 5.19 Å². The first-order chi connectivity index (χ1) is 5.20. The van der Waals surface area contributed by atoms with Gasteiger partial charge in [0.25, 0.3) is 5.19 Å². The molecule has 0 aromatic carbocycles. The standard InChI is InChI=1S/C5H4N2O3S/c6-3(8)4(9)10-5-7-1-2-11-5/h1-2H,(H2,6,8). The number of esters is 1. The number of carbonyl (C=O) groups excluding carboxylic acids is 2. The highest BCUT2D eigenvalue weighted by Gasteiger charge is 2.12. The number of rotatable bonds is 1. The van der Waals surface area contributed by atoms with Crippen molar-refractivity contribution < 1.29 is 14.3 Å². The Morgan fingerprint density at radius 2 is 2.36 bits per heavy atom. The van der Waals surface area contributed by atoms with Gasteiger partial charge in [0.1, 0.15) is 0 Å². The number of hydrogen-bond acceptors (Lipinski definition) is 5. The van der Waals surface area contributed by atoms with E-state index in [4.69, 9.17) is 0 Å². The third kappa shape index (κ3) is 2.01. The maximum atomic E-state index is 10.5. The second kappa shape index (κ2) is 3.11. The summed E-state index contributed by atoms with van der Waals surface area (Å²) in [7, 11) is 0. The van der Waals surface area contributed by atoms with Gasteiger partial charge in [-0.3, -0.25) is 4.79 Å². The van der Waals surface area contributed by atoms with Crippen molar-refractivity contribution in [2.45, 2.75) is 0 Å². The quantitative estimate of drug-likeness (QED) is 0.458. The molecule has 0 spiro atoms. The molecule has 0 unspecified atom stereocenters. The van der Waals surface area contributed by atoms with Crippen LogP contribution in [0.5, 0.6) is 5.19 Å². The monoisotopic (exact) mass is 172 g/mol. The summed E-state index contributed by atoms with van der Waals surface area (Å²) in [5, 5.41) is 1.73. The van der Waals surface area contributed by atoms with Crippen molar-refractivity contribution in [1.82, 2.24) is 4.98 Å². The molecular formula is C5H4N2O3S. The first-order valence-electron chi connectivity index (χ1n) is 2.61. The van der Waals surface area contributed by atoms with Gasteiger partial charge in [-0.1, -0.05) is 11.3 Å². The number of hydrogen-bond donors (Lipinski definition) is 1. The predicted molar refractivity (Wildman–Crippen MR) is 36.9 cm³/mol. The minimum Gasteiger partial charge on any atom is -0.391 e. The third-order valence-corrected chi connectivity index (χ3v) is 1.44. The van der Waals surface area contributed by atoms with Crippen LogP contribution in [0.3, 0.4) is 0 Å². The lowest BCUT2D eigenvalue weighted by Gasteiger charge is -1.92. The zero-order valence-electron chi connectivity index (χ0n) is 5.31. The van der Waals surface area contributed by atoms with Crippen LogP contribution in [-0.2, 0) is 9.59 Å². The van der Waals surface area contributed by atoms with Gasteiger partial charge in [0.2, 0.25) is 0 Å². The SMILES string of the molecule is NC(=O)C(=O)Oc1nccs1. The number of amides is 1. The summed E-state index contributed by atoms with van der Waals surface area (Å²) in [5.41, 5.74) is 4.62. The van der Waals surface area contributed by atoms with Crippen LogP contribution in [0.1, 0.15) is 0 Å². The lowest BCUT2D eigenvalue weighted by atomic mass is 10.7. The Bertz CT molecular complexity index is 269. The molecule has 0 fully saturated rings. The Kier molecular flexibility index (Phi) is 2.17. The highest BCUT2D eigenvalue weighted by atomic mass is 32.1. The summed E-state index contributed by atoms with van der Waals surface area (Å²) in [6, 6.07) is 0. The lowest BCUT2D eigenvalue weighted by Crippen LogP contribution is -2.27. The number of nitrogens with zero attached hydrogens (tertiary/aromatic N) is 1. The second-order valence-corrected chi connectivity index (χ2v) is 2.41. The van der Waals surface area contributed by atoms with E-state index < -0.39 is 11.9 Å². The topological polar surface area (TPSA) is 82.3 Å². The van der Waals surface area contributed by atoms with Gasteiger partial charge in [-0.15, -0.1) is 0 Å². The van der Waals surface area contributed by atoms with E-state index in [1.165, 1.54) is 6.20 Å². The van der Waals surface area contributed by atoms with E-state index >= 15 is 0 Å². The molecule has 1 rings (SSSR count). The third-order valence-electron chi connectivity index (χ3n) is 0.791. The highest BCUT2D eigenvalue weighted by Crippen LogP contribution is 2.12. The zero-order valence-corrected chi connectivity index (χ0v) is 6.13. The first-order valence-corrected chi connectivity index (χ1v) is 3.49. The van der Waals surface area contributed by atoms with Crippen LogP contribution in [0.2, 0.25) is 0 Å². The summed E-state index contributed by atoms with van der Waals surface area (Å²) in [6.07, 6.45) is 1.45. The van der Waals surface area contributed by atoms with E-state index in [0.717, 1.165) is 11.3 Å². The van der Waals surface area contributed by atoms with Crippen LogP contribution < -0.4 is 10.5 Å². The van der Waals surface area contributed by atoms with E-state index in [2.05, 4.69) is 15.5 Å². The van der Waals surface area contributed by atoms with Crippen LogP contribution in [0.25, 0.3) is 0 Å². The summed E-state index contributed by atoms with van der Waals surface area (Å²) in [5.74, 6) is -2.22. The Morgan fingerprint density at radius 1 is 1.64 bits per heavy atom. The fourth-order valence-corrected chi connectivity index (χ4v) is 0.874. The molecule has 11 heavy (non-hydrogen) atoms. The normalized spacial score (nSPS) is 9.09. The summed E-state index contributed by atoms with van der Waals surface area (Å²) >= 11 is 1.11. The first kappa shape index (κ1) is 7.67. The number of thiazole rings is 1. The van der Waals surface area contributed by atoms with E-state index in [0.29, 0.717) is 0 Å². The summed E-state index contributed by atoms with van der Waals surface area (Å²) in [6.45, 7) is 0. The van der Waals surface area contributed by atoms with Crippen LogP contribution in [0.4, 0.5) is 0 Å². The molecule has 58 valence electrons. The molecule has 0 radical (unpaired) electrons. The van der Waals surface area contributed by atoms with E-state index in [1.807, 2.05) is 0 Å². The minimum atomic E-state index is -1.12. The molecule has 0 aliphatic rings. The number of carbonyl (C=O) groups is 2. The Hall–Kier alpha value is -1.43. The molecule has 0 saturated carbocycles. The minimum absolute atomic E-state index is 0.119. The largest absolute Gasteiger partial charge is 0.403 e. The van der Waals surface area contributed by atoms with Crippen molar-refractivity contribution in [3.8, 4) is 5.19 Å². The van der Waals surface area contributed by atoms with Crippen LogP contribution in [0, 0.1) is 0 Å². The van der Waals surface area contributed by atoms with Crippen molar-refractivity contribution in [2.75, 3.05) is 0 Å². The van der Waals surface area contributed by atoms with Gasteiger partial charge < -0.3 is 10.5 Å². The predicted octanol–water partition coefficient (Wildman–Crippen LogP) is -0.466. The molecule has 0 saturated heterocycles. The average molecular weight is 172 g/mol. The molecule has 1 amide bonds. The smallest absolute Gasteiger partial charge is 0.391 e. The van der Waals surface area contributed by atoms with E-state index in [9.17, 15) is 9.59 Å². The van der Waals surface area contributed by atoms with Crippen molar-refractivity contribution in [3.05, 3.63) is 11.6 Å². The molecule has 0 aliphatic carbocycles. The second-order valence-electron chi connectivity index (χ2n) is 1.55. The van der Waals surface area contributed by atoms with Crippen molar-refractivity contribution >= 4 is 23.2 Å². The summed E-state index contributed by atoms with van der Waals surface area (Å²) in [4.78, 5) is 24.2. The molecule has 6 heteroatoms. The Labute approximate surface area is 65.8 Å². The van der Waals surface area contributed by atoms with E-state index in [1.54, 1.807) is 5.38 Å². The van der Waals surface area contributed by atoms with Crippen LogP contribution >= 0.6 is 11.3 Å². The fourth-order valence-electron chi connectivity index (χ4n) is 0.390. The molecule has 5 nitrogen and oxygen atoms in total. The Morgan fingerprint density at radius 3 is 2.82 bits per heavy atom. The fraction of sp³-hybridized carbons (Fsp3) is 0. The van der Waals surface area contributed by atoms with Gasteiger partial charge in [0.15, 0.2) is 0 Å².